The van der Waals surface area contributed by atoms with Gasteiger partial charge in [-0.3, -0.25) is 19.4 Å². The van der Waals surface area contributed by atoms with Crippen LogP contribution in [0.25, 0.3) is 0 Å². The Morgan fingerprint density at radius 3 is 2.74 bits per heavy atom. The van der Waals surface area contributed by atoms with E-state index in [1.807, 2.05) is 10.3 Å². The van der Waals surface area contributed by atoms with E-state index < -0.39 is 0 Å². The minimum Gasteiger partial charge on any atom is -0.338 e. The van der Waals surface area contributed by atoms with Crippen molar-refractivity contribution >= 4 is 28.3 Å². The van der Waals surface area contributed by atoms with E-state index in [1.165, 1.54) is 11.3 Å². The Labute approximate surface area is 141 Å². The summed E-state index contributed by atoms with van der Waals surface area (Å²) in [5.41, 5.74) is 0. The molecule has 0 spiro atoms. The number of amides is 2. The normalized spacial score (nSPS) is 25.0. The van der Waals surface area contributed by atoms with Crippen LogP contribution in [0.4, 0.5) is 5.13 Å². The SMILES string of the molecule is CC(=O)N1CCCC1C1CCCN1CC(=O)N(C)c1nccs1. The van der Waals surface area contributed by atoms with Crippen LogP contribution in [0.3, 0.4) is 0 Å². The first-order valence-electron chi connectivity index (χ1n) is 8.25. The summed E-state index contributed by atoms with van der Waals surface area (Å²) in [6.45, 7) is 3.85. The van der Waals surface area contributed by atoms with Crippen LogP contribution in [0.2, 0.25) is 0 Å². The Bertz CT molecular complexity index is 562. The molecule has 0 radical (unpaired) electrons. The van der Waals surface area contributed by atoms with E-state index in [9.17, 15) is 9.59 Å². The van der Waals surface area contributed by atoms with Crippen LogP contribution in [0.1, 0.15) is 32.6 Å². The predicted octanol–water partition coefficient (Wildman–Crippen LogP) is 1.58. The lowest BCUT2D eigenvalue weighted by atomic mass is 10.0. The van der Waals surface area contributed by atoms with Crippen LogP contribution >= 0.6 is 11.3 Å². The highest BCUT2D eigenvalue weighted by Gasteiger charge is 2.39. The van der Waals surface area contributed by atoms with Gasteiger partial charge in [-0.25, -0.2) is 4.98 Å². The summed E-state index contributed by atoms with van der Waals surface area (Å²) in [6, 6.07) is 0.586. The standard InChI is InChI=1S/C16H24N4O2S/c1-12(21)20-9-4-6-14(20)13-5-3-8-19(13)11-15(22)18(2)16-17-7-10-23-16/h7,10,13-14H,3-6,8-9,11H2,1-2H3. The first kappa shape index (κ1) is 16.4. The molecule has 2 amide bonds. The molecule has 0 aliphatic carbocycles. The molecule has 23 heavy (non-hydrogen) atoms. The summed E-state index contributed by atoms with van der Waals surface area (Å²) in [5, 5.41) is 2.61. The lowest BCUT2D eigenvalue weighted by molar-refractivity contribution is -0.130. The Morgan fingerprint density at radius 2 is 2.04 bits per heavy atom. The smallest absolute Gasteiger partial charge is 0.242 e. The highest BCUT2D eigenvalue weighted by atomic mass is 32.1. The number of thiazole rings is 1. The monoisotopic (exact) mass is 336 g/mol. The van der Waals surface area contributed by atoms with Gasteiger partial charge in [0.2, 0.25) is 11.8 Å². The van der Waals surface area contributed by atoms with E-state index in [2.05, 4.69) is 9.88 Å². The molecule has 3 rings (SSSR count). The molecule has 0 saturated carbocycles. The highest BCUT2D eigenvalue weighted by molar-refractivity contribution is 7.13. The number of likely N-dealkylation sites (N-methyl/N-ethyl adjacent to an activating group) is 1. The second-order valence-electron chi connectivity index (χ2n) is 6.37. The molecule has 1 aromatic rings. The number of likely N-dealkylation sites (tertiary alicyclic amines) is 2. The zero-order valence-corrected chi connectivity index (χ0v) is 14.6. The van der Waals surface area contributed by atoms with Gasteiger partial charge in [0.25, 0.3) is 0 Å². The van der Waals surface area contributed by atoms with Gasteiger partial charge in [-0.05, 0) is 32.2 Å². The quantitative estimate of drug-likeness (QED) is 0.838. The van der Waals surface area contributed by atoms with Crippen LogP contribution in [-0.2, 0) is 9.59 Å². The maximum Gasteiger partial charge on any atom is 0.242 e. The van der Waals surface area contributed by atoms with Crippen molar-refractivity contribution in [3.63, 3.8) is 0 Å². The van der Waals surface area contributed by atoms with Gasteiger partial charge in [-0.15, -0.1) is 11.3 Å². The zero-order valence-electron chi connectivity index (χ0n) is 13.8. The van der Waals surface area contributed by atoms with Crippen molar-refractivity contribution in [2.45, 2.75) is 44.7 Å². The van der Waals surface area contributed by atoms with Crippen LogP contribution in [0.5, 0.6) is 0 Å². The number of rotatable bonds is 4. The molecule has 1 aromatic heterocycles. The van der Waals surface area contributed by atoms with E-state index >= 15 is 0 Å². The van der Waals surface area contributed by atoms with Crippen molar-refractivity contribution in [1.29, 1.82) is 0 Å². The van der Waals surface area contributed by atoms with E-state index in [0.717, 1.165) is 43.9 Å². The number of carbonyl (C=O) groups excluding carboxylic acids is 2. The molecule has 0 N–H and O–H groups in total. The van der Waals surface area contributed by atoms with Gasteiger partial charge in [0, 0.05) is 44.2 Å². The number of carbonyl (C=O) groups is 2. The fourth-order valence-corrected chi connectivity index (χ4v) is 4.46. The minimum absolute atomic E-state index is 0.0687. The summed E-state index contributed by atoms with van der Waals surface area (Å²) in [5.74, 6) is 0.227. The molecule has 3 heterocycles. The number of hydrogen-bond acceptors (Lipinski definition) is 5. The van der Waals surface area contributed by atoms with Crippen molar-refractivity contribution in [3.05, 3.63) is 11.6 Å². The second kappa shape index (κ2) is 6.97. The third-order valence-corrected chi connectivity index (χ3v) is 5.83. The average Bonchev–Trinajstić information content (AvgIpc) is 3.26. The molecule has 2 aliphatic rings. The van der Waals surface area contributed by atoms with Crippen LogP contribution in [-0.4, -0.2) is 65.4 Å². The Hall–Kier alpha value is -1.47. The maximum absolute atomic E-state index is 12.5. The molecule has 0 aromatic carbocycles. The third kappa shape index (κ3) is 3.40. The van der Waals surface area contributed by atoms with Gasteiger partial charge in [0.1, 0.15) is 0 Å². The summed E-state index contributed by atoms with van der Waals surface area (Å²) >= 11 is 1.47. The van der Waals surface area contributed by atoms with Gasteiger partial charge in [-0.2, -0.15) is 0 Å². The number of aromatic nitrogens is 1. The van der Waals surface area contributed by atoms with Crippen molar-refractivity contribution < 1.29 is 9.59 Å². The summed E-state index contributed by atoms with van der Waals surface area (Å²) in [7, 11) is 1.78. The minimum atomic E-state index is 0.0687. The van der Waals surface area contributed by atoms with Gasteiger partial charge in [-0.1, -0.05) is 0 Å². The molecular weight excluding hydrogens is 312 g/mol. The molecule has 126 valence electrons. The van der Waals surface area contributed by atoms with E-state index in [4.69, 9.17) is 0 Å². The van der Waals surface area contributed by atoms with Crippen molar-refractivity contribution in [1.82, 2.24) is 14.8 Å². The summed E-state index contributed by atoms with van der Waals surface area (Å²) < 4.78 is 0. The van der Waals surface area contributed by atoms with E-state index in [-0.39, 0.29) is 17.9 Å². The highest BCUT2D eigenvalue weighted by Crippen LogP contribution is 2.30. The topological polar surface area (TPSA) is 56.8 Å². The number of hydrogen-bond donors (Lipinski definition) is 0. The van der Waals surface area contributed by atoms with Gasteiger partial charge >= 0.3 is 0 Å². The van der Waals surface area contributed by atoms with Gasteiger partial charge in [0.05, 0.1) is 6.54 Å². The Kier molecular flexibility index (Phi) is 4.96. The molecule has 2 atom stereocenters. The number of anilines is 1. The molecule has 7 heteroatoms. The molecule has 6 nitrogen and oxygen atoms in total. The number of nitrogens with zero attached hydrogens (tertiary/aromatic N) is 4. The maximum atomic E-state index is 12.5. The van der Waals surface area contributed by atoms with Crippen LogP contribution in [0, 0.1) is 0 Å². The molecule has 2 aliphatic heterocycles. The summed E-state index contributed by atoms with van der Waals surface area (Å²) in [4.78, 5) is 34.5. The molecule has 0 bridgehead atoms. The molecule has 2 fully saturated rings. The Balaban J connectivity index is 1.65. The fraction of sp³-hybridized carbons (Fsp3) is 0.688. The predicted molar refractivity (Wildman–Crippen MR) is 90.5 cm³/mol. The van der Waals surface area contributed by atoms with Crippen molar-refractivity contribution in [3.8, 4) is 0 Å². The largest absolute Gasteiger partial charge is 0.338 e. The van der Waals surface area contributed by atoms with Gasteiger partial charge in [0.15, 0.2) is 5.13 Å². The average molecular weight is 336 g/mol. The van der Waals surface area contributed by atoms with Crippen LogP contribution in [0.15, 0.2) is 11.6 Å². The fourth-order valence-electron chi connectivity index (χ4n) is 3.84. The third-order valence-electron chi connectivity index (χ3n) is 4.98. The van der Waals surface area contributed by atoms with Crippen molar-refractivity contribution in [2.24, 2.45) is 0 Å². The van der Waals surface area contributed by atoms with E-state index in [1.54, 1.807) is 25.1 Å². The first-order valence-corrected chi connectivity index (χ1v) is 9.13. The van der Waals surface area contributed by atoms with Crippen molar-refractivity contribution in [2.75, 3.05) is 31.6 Å². The molecular formula is C16H24N4O2S. The zero-order chi connectivity index (χ0) is 16.4. The molecule has 2 unspecified atom stereocenters. The lowest BCUT2D eigenvalue weighted by Gasteiger charge is -2.34. The second-order valence-corrected chi connectivity index (χ2v) is 7.24. The molecule has 2 saturated heterocycles. The Morgan fingerprint density at radius 1 is 1.30 bits per heavy atom. The van der Waals surface area contributed by atoms with E-state index in [0.29, 0.717) is 12.6 Å². The van der Waals surface area contributed by atoms with Gasteiger partial charge < -0.3 is 4.90 Å². The lowest BCUT2D eigenvalue weighted by Crippen LogP contribution is -2.50. The first-order chi connectivity index (χ1) is 11.1. The van der Waals surface area contributed by atoms with Crippen LogP contribution < -0.4 is 4.90 Å². The summed E-state index contributed by atoms with van der Waals surface area (Å²) in [6.07, 6.45) is 6.01.